The first kappa shape index (κ1) is 13.3. The van der Waals surface area contributed by atoms with Crippen LogP contribution in [0.4, 0.5) is 10.1 Å². The zero-order valence-corrected chi connectivity index (χ0v) is 12.3. The van der Waals surface area contributed by atoms with Crippen molar-refractivity contribution >= 4 is 28.3 Å². The summed E-state index contributed by atoms with van der Waals surface area (Å²) in [7, 11) is 0. The summed E-state index contributed by atoms with van der Waals surface area (Å²) in [6.45, 7) is 2.13. The number of anilines is 1. The second-order valence-corrected chi connectivity index (χ2v) is 5.63. The van der Waals surface area contributed by atoms with Crippen LogP contribution in [-0.2, 0) is 6.42 Å². The third kappa shape index (κ3) is 3.98. The maximum absolute atomic E-state index is 12.8. The van der Waals surface area contributed by atoms with Crippen molar-refractivity contribution in [3.63, 3.8) is 0 Å². The Kier molecular flexibility index (Phi) is 4.58. The molecule has 3 heteroatoms. The Hall–Kier alpha value is -1.10. The molecule has 2 aromatic rings. The molecule has 0 aromatic heterocycles. The first-order chi connectivity index (χ1) is 8.63. The molecule has 0 aliphatic heterocycles. The van der Waals surface area contributed by atoms with Gasteiger partial charge >= 0.3 is 0 Å². The molecule has 1 atom stereocenters. The molecule has 2 aromatic carbocycles. The molecular weight excluding hydrogens is 340 g/mol. The van der Waals surface area contributed by atoms with Crippen LogP contribution in [0.2, 0.25) is 0 Å². The molecule has 1 nitrogen and oxygen atoms in total. The highest BCUT2D eigenvalue weighted by Gasteiger charge is 2.03. The second-order valence-electron chi connectivity index (χ2n) is 4.38. The van der Waals surface area contributed by atoms with Gasteiger partial charge in [0.2, 0.25) is 0 Å². The molecule has 1 unspecified atom stereocenters. The Labute approximate surface area is 121 Å². The minimum absolute atomic E-state index is 0.183. The highest BCUT2D eigenvalue weighted by molar-refractivity contribution is 14.1. The highest BCUT2D eigenvalue weighted by Crippen LogP contribution is 2.14. The molecule has 94 valence electrons. The van der Waals surface area contributed by atoms with Crippen LogP contribution < -0.4 is 5.32 Å². The quantitative estimate of drug-likeness (QED) is 0.798. The number of hydrogen-bond acceptors (Lipinski definition) is 1. The van der Waals surface area contributed by atoms with E-state index in [2.05, 4.69) is 59.1 Å². The lowest BCUT2D eigenvalue weighted by Crippen LogP contribution is -2.17. The zero-order valence-electron chi connectivity index (χ0n) is 10.2. The molecule has 0 heterocycles. The van der Waals surface area contributed by atoms with Crippen LogP contribution >= 0.6 is 22.6 Å². The highest BCUT2D eigenvalue weighted by atomic mass is 127. The van der Waals surface area contributed by atoms with E-state index in [0.29, 0.717) is 6.04 Å². The topological polar surface area (TPSA) is 12.0 Å². The number of nitrogens with one attached hydrogen (secondary N) is 1. The summed E-state index contributed by atoms with van der Waals surface area (Å²) < 4.78 is 14.0. The molecule has 0 amide bonds. The minimum Gasteiger partial charge on any atom is -0.382 e. The molecule has 18 heavy (non-hydrogen) atoms. The smallest absolute Gasteiger partial charge is 0.123 e. The number of benzene rings is 2. The van der Waals surface area contributed by atoms with Crippen LogP contribution in [0.1, 0.15) is 12.5 Å². The first-order valence-corrected chi connectivity index (χ1v) is 6.98. The van der Waals surface area contributed by atoms with Gasteiger partial charge in [-0.15, -0.1) is 0 Å². The molecule has 0 fully saturated rings. The van der Waals surface area contributed by atoms with E-state index in [4.69, 9.17) is 0 Å². The van der Waals surface area contributed by atoms with Crippen LogP contribution in [0.25, 0.3) is 0 Å². The standard InChI is InChI=1S/C15H15FIN/c1-11(10-12-2-4-13(16)5-3-12)18-15-8-6-14(17)7-9-15/h2-9,11,18H,10H2,1H3. The molecule has 0 aliphatic carbocycles. The molecule has 0 saturated heterocycles. The van der Waals surface area contributed by atoms with Gasteiger partial charge in [0, 0.05) is 15.3 Å². The first-order valence-electron chi connectivity index (χ1n) is 5.90. The Morgan fingerprint density at radius 1 is 1.06 bits per heavy atom. The monoisotopic (exact) mass is 355 g/mol. The van der Waals surface area contributed by atoms with Crippen molar-refractivity contribution in [2.75, 3.05) is 5.32 Å². The van der Waals surface area contributed by atoms with E-state index < -0.39 is 0 Å². The third-order valence-corrected chi connectivity index (χ3v) is 3.43. The molecule has 2 rings (SSSR count). The van der Waals surface area contributed by atoms with Crippen molar-refractivity contribution in [1.29, 1.82) is 0 Å². The van der Waals surface area contributed by atoms with Gasteiger partial charge in [0.15, 0.2) is 0 Å². The molecular formula is C15H15FIN. The summed E-state index contributed by atoms with van der Waals surface area (Å²) in [5.74, 6) is -0.183. The predicted molar refractivity (Wildman–Crippen MR) is 82.3 cm³/mol. The van der Waals surface area contributed by atoms with Crippen molar-refractivity contribution in [1.82, 2.24) is 0 Å². The Balaban J connectivity index is 1.94. The second kappa shape index (κ2) is 6.18. The van der Waals surface area contributed by atoms with Gasteiger partial charge in [0.05, 0.1) is 0 Å². The van der Waals surface area contributed by atoms with E-state index in [1.54, 1.807) is 0 Å². The van der Waals surface area contributed by atoms with Crippen LogP contribution in [0.5, 0.6) is 0 Å². The van der Waals surface area contributed by atoms with Gasteiger partial charge in [-0.1, -0.05) is 12.1 Å². The average molecular weight is 355 g/mol. The minimum atomic E-state index is -0.183. The third-order valence-electron chi connectivity index (χ3n) is 2.71. The van der Waals surface area contributed by atoms with Crippen molar-refractivity contribution in [3.05, 3.63) is 63.5 Å². The lowest BCUT2D eigenvalue weighted by Gasteiger charge is -2.15. The van der Waals surface area contributed by atoms with E-state index in [1.807, 2.05) is 12.1 Å². The van der Waals surface area contributed by atoms with Gasteiger partial charge in [-0.05, 0) is 77.9 Å². The number of halogens is 2. The molecule has 0 aliphatic rings. The van der Waals surface area contributed by atoms with Crippen LogP contribution in [-0.4, -0.2) is 6.04 Å². The summed E-state index contributed by atoms with van der Waals surface area (Å²) >= 11 is 2.29. The van der Waals surface area contributed by atoms with Gasteiger partial charge in [0.1, 0.15) is 5.82 Å². The Bertz CT molecular complexity index is 445. The SMILES string of the molecule is CC(Cc1ccc(F)cc1)Nc1ccc(I)cc1. The fourth-order valence-electron chi connectivity index (χ4n) is 1.86. The van der Waals surface area contributed by atoms with Crippen molar-refractivity contribution < 1.29 is 4.39 Å². The van der Waals surface area contributed by atoms with Crippen molar-refractivity contribution in [3.8, 4) is 0 Å². The zero-order chi connectivity index (χ0) is 13.0. The average Bonchev–Trinajstić information content (AvgIpc) is 2.35. The van der Waals surface area contributed by atoms with E-state index in [1.165, 1.54) is 15.7 Å². The fourth-order valence-corrected chi connectivity index (χ4v) is 2.22. The van der Waals surface area contributed by atoms with Crippen molar-refractivity contribution in [2.45, 2.75) is 19.4 Å². The maximum Gasteiger partial charge on any atom is 0.123 e. The Morgan fingerprint density at radius 2 is 1.67 bits per heavy atom. The summed E-state index contributed by atoms with van der Waals surface area (Å²) in [6, 6.07) is 15.3. The van der Waals surface area contributed by atoms with Gasteiger partial charge < -0.3 is 5.32 Å². The van der Waals surface area contributed by atoms with Gasteiger partial charge in [-0.25, -0.2) is 4.39 Å². The molecule has 0 radical (unpaired) electrons. The Morgan fingerprint density at radius 3 is 2.28 bits per heavy atom. The summed E-state index contributed by atoms with van der Waals surface area (Å²) in [5.41, 5.74) is 2.26. The predicted octanol–water partition coefficient (Wildman–Crippen LogP) is 4.47. The summed E-state index contributed by atoms with van der Waals surface area (Å²) in [4.78, 5) is 0. The van der Waals surface area contributed by atoms with Gasteiger partial charge in [-0.2, -0.15) is 0 Å². The number of rotatable bonds is 4. The van der Waals surface area contributed by atoms with Crippen LogP contribution in [0, 0.1) is 9.39 Å². The summed E-state index contributed by atoms with van der Waals surface area (Å²) in [5, 5.41) is 3.44. The van der Waals surface area contributed by atoms with E-state index >= 15 is 0 Å². The largest absolute Gasteiger partial charge is 0.382 e. The fraction of sp³-hybridized carbons (Fsp3) is 0.200. The normalized spacial score (nSPS) is 12.2. The lowest BCUT2D eigenvalue weighted by molar-refractivity contribution is 0.626. The lowest BCUT2D eigenvalue weighted by atomic mass is 10.1. The maximum atomic E-state index is 12.8. The van der Waals surface area contributed by atoms with Crippen LogP contribution in [0.15, 0.2) is 48.5 Å². The van der Waals surface area contributed by atoms with Gasteiger partial charge in [0.25, 0.3) is 0 Å². The summed E-state index contributed by atoms with van der Waals surface area (Å²) in [6.07, 6.45) is 0.881. The van der Waals surface area contributed by atoms with Gasteiger partial charge in [-0.3, -0.25) is 0 Å². The van der Waals surface area contributed by atoms with E-state index in [-0.39, 0.29) is 5.82 Å². The van der Waals surface area contributed by atoms with E-state index in [0.717, 1.165) is 17.7 Å². The molecule has 0 saturated carbocycles. The van der Waals surface area contributed by atoms with Crippen molar-refractivity contribution in [2.24, 2.45) is 0 Å². The molecule has 1 N–H and O–H groups in total. The molecule has 0 spiro atoms. The number of hydrogen-bond donors (Lipinski definition) is 1. The van der Waals surface area contributed by atoms with Crippen LogP contribution in [0.3, 0.4) is 0 Å². The molecule has 0 bridgehead atoms. The van der Waals surface area contributed by atoms with E-state index in [9.17, 15) is 4.39 Å².